The van der Waals surface area contributed by atoms with Gasteiger partial charge >= 0.3 is 0 Å². The molecule has 1 aromatic carbocycles. The van der Waals surface area contributed by atoms with Crippen molar-refractivity contribution in [3.8, 4) is 0 Å². The summed E-state index contributed by atoms with van der Waals surface area (Å²) in [4.78, 5) is 3.81. The van der Waals surface area contributed by atoms with Gasteiger partial charge < -0.3 is 19.3 Å². The maximum absolute atomic E-state index is 14.4. The molecule has 1 atom stereocenters. The van der Waals surface area contributed by atoms with E-state index in [1.165, 1.54) is 6.07 Å². The molecule has 0 saturated carbocycles. The molecule has 0 bridgehead atoms. The summed E-state index contributed by atoms with van der Waals surface area (Å²) in [5.41, 5.74) is 1.27. The van der Waals surface area contributed by atoms with E-state index in [9.17, 15) is 12.8 Å². The summed E-state index contributed by atoms with van der Waals surface area (Å²) in [5, 5.41) is 0. The fraction of sp³-hybridized carbons (Fsp3) is 0.600. The highest BCUT2D eigenvalue weighted by Crippen LogP contribution is 2.27. The molecule has 2 saturated heterocycles. The van der Waals surface area contributed by atoms with Crippen LogP contribution in [-0.2, 0) is 23.8 Å². The van der Waals surface area contributed by atoms with Crippen molar-refractivity contribution in [2.75, 3.05) is 62.2 Å². The Morgan fingerprint density at radius 2 is 2.04 bits per heavy atom. The zero-order valence-corrected chi connectivity index (χ0v) is 14.3. The minimum absolute atomic E-state index is 0.0380. The molecule has 2 fully saturated rings. The number of ether oxygens (including phenoxy) is 2. The van der Waals surface area contributed by atoms with E-state index in [2.05, 4.69) is 0 Å². The normalized spacial score (nSPS) is 22.2. The number of benzene rings is 1. The van der Waals surface area contributed by atoms with Crippen molar-refractivity contribution in [3.63, 3.8) is 0 Å². The van der Waals surface area contributed by atoms with Gasteiger partial charge in [0, 0.05) is 25.3 Å². The molecule has 1 aromatic rings. The van der Waals surface area contributed by atoms with Gasteiger partial charge in [0.25, 0.3) is 10.1 Å². The Bertz CT molecular complexity index is 678. The molecule has 9 heteroatoms. The topological polar surface area (TPSA) is 68.3 Å². The average Bonchev–Trinajstić information content (AvgIpc) is 3.02. The Balaban J connectivity index is 1.62. The maximum Gasteiger partial charge on any atom is 0.264 e. The molecule has 2 heterocycles. The summed E-state index contributed by atoms with van der Waals surface area (Å²) in [6.45, 7) is 3.23. The van der Waals surface area contributed by atoms with Gasteiger partial charge in [-0.15, -0.1) is 0 Å². The number of halogens is 1. The highest BCUT2D eigenvalue weighted by atomic mass is 32.2. The molecule has 0 aliphatic carbocycles. The smallest absolute Gasteiger partial charge is 0.264 e. The van der Waals surface area contributed by atoms with Crippen LogP contribution in [0.3, 0.4) is 0 Å². The third-order valence-corrected chi connectivity index (χ3v) is 4.57. The summed E-state index contributed by atoms with van der Waals surface area (Å²) in [5.74, 6) is -0.287. The number of hydrogen-bond donors (Lipinski definition) is 0. The molecule has 24 heavy (non-hydrogen) atoms. The first-order chi connectivity index (χ1) is 11.4. The number of anilines is 2. The molecule has 1 unspecified atom stereocenters. The Morgan fingerprint density at radius 3 is 2.71 bits per heavy atom. The van der Waals surface area contributed by atoms with E-state index in [0.717, 1.165) is 6.26 Å². The van der Waals surface area contributed by atoms with Crippen molar-refractivity contribution in [3.05, 3.63) is 24.0 Å². The van der Waals surface area contributed by atoms with Crippen LogP contribution in [0.4, 0.5) is 15.8 Å². The highest BCUT2D eigenvalue weighted by Gasteiger charge is 2.26. The summed E-state index contributed by atoms with van der Waals surface area (Å²) < 4.78 is 52.0. The number of nitrogens with zero attached hydrogens (tertiary/aromatic N) is 2. The molecule has 0 aromatic heterocycles. The SMILES string of the molecule is CS(=O)(=O)OCC1CN(c2ccc(N3CCOCC3)c(F)c2)CO1. The zero-order chi connectivity index (χ0) is 17.2. The second-order valence-corrected chi connectivity index (χ2v) is 7.51. The molecule has 0 N–H and O–H groups in total. The van der Waals surface area contributed by atoms with Gasteiger partial charge in [0.05, 0.1) is 31.8 Å². The van der Waals surface area contributed by atoms with Gasteiger partial charge in [0.15, 0.2) is 0 Å². The van der Waals surface area contributed by atoms with Crippen LogP contribution in [0, 0.1) is 5.82 Å². The van der Waals surface area contributed by atoms with Crippen molar-refractivity contribution < 1.29 is 26.5 Å². The van der Waals surface area contributed by atoms with Crippen molar-refractivity contribution in [1.29, 1.82) is 0 Å². The molecule has 7 nitrogen and oxygen atoms in total. The molecule has 0 spiro atoms. The monoisotopic (exact) mass is 360 g/mol. The van der Waals surface area contributed by atoms with Gasteiger partial charge in [-0.2, -0.15) is 8.42 Å². The van der Waals surface area contributed by atoms with E-state index in [1.54, 1.807) is 6.07 Å². The maximum atomic E-state index is 14.4. The van der Waals surface area contributed by atoms with Crippen molar-refractivity contribution in [2.45, 2.75) is 6.10 Å². The van der Waals surface area contributed by atoms with Crippen LogP contribution in [0.2, 0.25) is 0 Å². The van der Waals surface area contributed by atoms with E-state index in [1.807, 2.05) is 15.9 Å². The summed E-state index contributed by atoms with van der Waals surface area (Å²) in [7, 11) is -3.49. The van der Waals surface area contributed by atoms with Crippen LogP contribution in [0.25, 0.3) is 0 Å². The van der Waals surface area contributed by atoms with E-state index in [4.69, 9.17) is 13.7 Å². The lowest BCUT2D eigenvalue weighted by Gasteiger charge is -2.29. The Hall–Kier alpha value is -1.42. The molecule has 0 amide bonds. The van der Waals surface area contributed by atoms with E-state index < -0.39 is 10.1 Å². The molecule has 134 valence electrons. The van der Waals surface area contributed by atoms with Crippen molar-refractivity contribution in [2.24, 2.45) is 0 Å². The van der Waals surface area contributed by atoms with Crippen molar-refractivity contribution >= 4 is 21.5 Å². The van der Waals surface area contributed by atoms with Gasteiger partial charge in [-0.3, -0.25) is 4.18 Å². The molecular weight excluding hydrogens is 339 g/mol. The number of hydrogen-bond acceptors (Lipinski definition) is 7. The summed E-state index contributed by atoms with van der Waals surface area (Å²) >= 11 is 0. The second-order valence-electron chi connectivity index (χ2n) is 5.86. The van der Waals surface area contributed by atoms with E-state index in [0.29, 0.717) is 44.2 Å². The highest BCUT2D eigenvalue weighted by molar-refractivity contribution is 7.85. The van der Waals surface area contributed by atoms with Crippen molar-refractivity contribution in [1.82, 2.24) is 0 Å². The average molecular weight is 360 g/mol. The van der Waals surface area contributed by atoms with Crippen LogP contribution in [0.15, 0.2) is 18.2 Å². The first-order valence-corrected chi connectivity index (χ1v) is 9.57. The van der Waals surface area contributed by atoms with Crippen LogP contribution < -0.4 is 9.80 Å². The lowest BCUT2D eigenvalue weighted by Crippen LogP contribution is -2.36. The minimum atomic E-state index is -3.49. The molecule has 2 aliphatic rings. The predicted molar refractivity (Wildman–Crippen MR) is 87.3 cm³/mol. The quantitative estimate of drug-likeness (QED) is 0.720. The number of morpholine rings is 1. The third-order valence-electron chi connectivity index (χ3n) is 4.01. The van der Waals surface area contributed by atoms with Gasteiger partial charge in [-0.05, 0) is 18.2 Å². The van der Waals surface area contributed by atoms with E-state index in [-0.39, 0.29) is 25.3 Å². The fourth-order valence-corrected chi connectivity index (χ4v) is 3.18. The van der Waals surface area contributed by atoms with Gasteiger partial charge in [-0.1, -0.05) is 0 Å². The minimum Gasteiger partial charge on any atom is -0.378 e. The van der Waals surface area contributed by atoms with Crippen LogP contribution in [0.5, 0.6) is 0 Å². The lowest BCUT2D eigenvalue weighted by molar-refractivity contribution is 0.0759. The second kappa shape index (κ2) is 7.22. The lowest BCUT2D eigenvalue weighted by atomic mass is 10.2. The third kappa shape index (κ3) is 4.35. The zero-order valence-electron chi connectivity index (χ0n) is 13.5. The summed E-state index contributed by atoms with van der Waals surface area (Å²) in [6.07, 6.45) is 0.640. The van der Waals surface area contributed by atoms with Crippen LogP contribution in [-0.4, -0.2) is 67.0 Å². The first kappa shape index (κ1) is 17.4. The molecule has 3 rings (SSSR count). The standard InChI is InChI=1S/C15H21FN2O5S/c1-24(19,20)23-10-13-9-18(11-22-13)12-2-3-15(14(16)8-12)17-4-6-21-7-5-17/h2-3,8,13H,4-7,9-11H2,1H3. The van der Waals surface area contributed by atoms with Gasteiger partial charge in [-0.25, -0.2) is 4.39 Å². The largest absolute Gasteiger partial charge is 0.378 e. The summed E-state index contributed by atoms with van der Waals surface area (Å²) in [6, 6.07) is 5.08. The van der Waals surface area contributed by atoms with Crippen LogP contribution in [0.1, 0.15) is 0 Å². The van der Waals surface area contributed by atoms with Gasteiger partial charge in [0.2, 0.25) is 0 Å². The fourth-order valence-electron chi connectivity index (χ4n) is 2.78. The van der Waals surface area contributed by atoms with Crippen LogP contribution >= 0.6 is 0 Å². The number of rotatable bonds is 5. The van der Waals surface area contributed by atoms with Gasteiger partial charge in [0.1, 0.15) is 18.7 Å². The Kier molecular flexibility index (Phi) is 5.24. The predicted octanol–water partition coefficient (Wildman–Crippen LogP) is 0.801. The van der Waals surface area contributed by atoms with E-state index >= 15 is 0 Å². The molecular formula is C15H21FN2O5S. The Labute approximate surface area is 141 Å². The Morgan fingerprint density at radius 1 is 1.29 bits per heavy atom. The molecule has 2 aliphatic heterocycles. The first-order valence-electron chi connectivity index (χ1n) is 7.75. The molecule has 0 radical (unpaired) electrons.